The van der Waals surface area contributed by atoms with E-state index in [0.29, 0.717) is 26.7 Å². The van der Waals surface area contributed by atoms with Crippen molar-refractivity contribution in [3.05, 3.63) is 22.8 Å². The third-order valence-corrected chi connectivity index (χ3v) is 6.85. The highest BCUT2D eigenvalue weighted by Crippen LogP contribution is 2.34. The normalized spacial score (nSPS) is 12.6. The third-order valence-electron chi connectivity index (χ3n) is 4.79. The van der Waals surface area contributed by atoms with Gasteiger partial charge in [-0.1, -0.05) is 0 Å². The summed E-state index contributed by atoms with van der Waals surface area (Å²) in [7, 11) is -3.18. The van der Waals surface area contributed by atoms with Gasteiger partial charge >= 0.3 is 12.1 Å². The van der Waals surface area contributed by atoms with E-state index in [4.69, 9.17) is 20.9 Å². The molecule has 1 rings (SSSR count). The van der Waals surface area contributed by atoms with Gasteiger partial charge in [0, 0.05) is 6.54 Å². The number of hydrogen-bond donors (Lipinski definition) is 3. The number of carboxylic acids is 1. The Hall–Kier alpha value is -3.02. The molecule has 5 N–H and O–H groups in total. The van der Waals surface area contributed by atoms with Crippen LogP contribution in [0.2, 0.25) is 0 Å². The third kappa shape index (κ3) is 6.98. The van der Waals surface area contributed by atoms with Crippen molar-refractivity contribution in [3.63, 3.8) is 0 Å². The van der Waals surface area contributed by atoms with Gasteiger partial charge in [0.2, 0.25) is 0 Å². The van der Waals surface area contributed by atoms with E-state index in [2.05, 4.69) is 4.99 Å². The fourth-order valence-corrected chi connectivity index (χ4v) is 5.23. The zero-order valence-corrected chi connectivity index (χ0v) is 20.9. The number of rotatable bonds is 9. The second-order valence-electron chi connectivity index (χ2n) is 8.56. The Kier molecular flexibility index (Phi) is 9.11. The van der Waals surface area contributed by atoms with Gasteiger partial charge in [-0.15, -0.1) is 0 Å². The second-order valence-corrected chi connectivity index (χ2v) is 10.3. The summed E-state index contributed by atoms with van der Waals surface area (Å²) in [6.45, 7) is 9.51. The standard InChI is InChI=1S/C21H34N4O7S/c1-12-11-16(31-7)13(2)14(3)17(12)33(29,30)25(20(28)32-21(4,5)6)15(18(26)27)9-8-10-24-19(22)23/h11,15H,8-10H2,1-7H3,(H,26,27)(H4,22,23,24)/t15-/m0/s1. The minimum Gasteiger partial charge on any atom is -0.496 e. The van der Waals surface area contributed by atoms with E-state index in [-0.39, 0.29) is 30.2 Å². The Bertz CT molecular complexity index is 1030. The number of nitrogens with zero attached hydrogens (tertiary/aromatic N) is 2. The predicted octanol–water partition coefficient (Wildman–Crippen LogP) is 2.05. The van der Waals surface area contributed by atoms with Crippen molar-refractivity contribution in [2.24, 2.45) is 16.5 Å². The van der Waals surface area contributed by atoms with Crippen molar-refractivity contribution in [1.29, 1.82) is 0 Å². The summed E-state index contributed by atoms with van der Waals surface area (Å²) in [5.41, 5.74) is 10.7. The maximum Gasteiger partial charge on any atom is 0.425 e. The first kappa shape index (κ1) is 28.0. The maximum absolute atomic E-state index is 13.8. The molecule has 1 amide bonds. The first-order valence-electron chi connectivity index (χ1n) is 10.2. The molecule has 0 bridgehead atoms. The fourth-order valence-electron chi connectivity index (χ4n) is 3.26. The molecule has 1 aromatic carbocycles. The van der Waals surface area contributed by atoms with E-state index >= 15 is 0 Å². The van der Waals surface area contributed by atoms with Crippen molar-refractivity contribution in [1.82, 2.24) is 4.31 Å². The van der Waals surface area contributed by atoms with Gasteiger partial charge in [-0.05, 0) is 77.1 Å². The minimum atomic E-state index is -4.64. The molecule has 0 aromatic heterocycles. The van der Waals surface area contributed by atoms with Crippen LogP contribution in [0.3, 0.4) is 0 Å². The number of aliphatic carboxylic acids is 1. The lowest BCUT2D eigenvalue weighted by molar-refractivity contribution is -0.141. The molecule has 11 nitrogen and oxygen atoms in total. The van der Waals surface area contributed by atoms with E-state index in [9.17, 15) is 23.1 Å². The molecule has 0 fully saturated rings. The Balaban J connectivity index is 3.68. The number of nitrogens with two attached hydrogens (primary N) is 2. The quantitative estimate of drug-likeness (QED) is 0.268. The van der Waals surface area contributed by atoms with Crippen molar-refractivity contribution in [2.45, 2.75) is 70.9 Å². The number of sulfonamides is 1. The molecular weight excluding hydrogens is 452 g/mol. The number of benzene rings is 1. The lowest BCUT2D eigenvalue weighted by atomic mass is 10.1. The first-order valence-corrected chi connectivity index (χ1v) is 11.7. The van der Waals surface area contributed by atoms with Gasteiger partial charge in [0.1, 0.15) is 17.4 Å². The number of hydrogen-bond acceptors (Lipinski definition) is 7. The summed E-state index contributed by atoms with van der Waals surface area (Å²) in [4.78, 5) is 28.8. The summed E-state index contributed by atoms with van der Waals surface area (Å²) >= 11 is 0. The molecule has 1 aromatic rings. The number of aliphatic imine (C=N–C) groups is 1. The van der Waals surface area contributed by atoms with Crippen LogP contribution in [-0.2, 0) is 19.6 Å². The number of carbonyl (C=O) groups is 2. The maximum atomic E-state index is 13.8. The molecule has 0 saturated heterocycles. The van der Waals surface area contributed by atoms with Gasteiger partial charge in [-0.3, -0.25) is 4.99 Å². The zero-order chi connectivity index (χ0) is 25.7. The average molecular weight is 487 g/mol. The topological polar surface area (TPSA) is 175 Å². The van der Waals surface area contributed by atoms with E-state index in [1.54, 1.807) is 41.5 Å². The largest absolute Gasteiger partial charge is 0.496 e. The first-order chi connectivity index (χ1) is 15.0. The highest BCUT2D eigenvalue weighted by Gasteiger charge is 2.43. The highest BCUT2D eigenvalue weighted by molar-refractivity contribution is 7.89. The smallest absolute Gasteiger partial charge is 0.425 e. The molecule has 0 radical (unpaired) electrons. The Morgan fingerprint density at radius 3 is 2.21 bits per heavy atom. The Labute approximate surface area is 194 Å². The molecule has 0 unspecified atom stereocenters. The van der Waals surface area contributed by atoms with Crippen molar-refractivity contribution in [3.8, 4) is 5.75 Å². The fraction of sp³-hybridized carbons (Fsp3) is 0.571. The number of amides is 1. The van der Waals surface area contributed by atoms with E-state index in [0.717, 1.165) is 0 Å². The number of guanidine groups is 1. The van der Waals surface area contributed by atoms with Crippen LogP contribution in [0.5, 0.6) is 5.75 Å². The molecule has 33 heavy (non-hydrogen) atoms. The van der Waals surface area contributed by atoms with Crippen LogP contribution in [0, 0.1) is 20.8 Å². The summed E-state index contributed by atoms with van der Waals surface area (Å²) in [6.07, 6.45) is -1.40. The van der Waals surface area contributed by atoms with Gasteiger partial charge in [-0.25, -0.2) is 18.0 Å². The number of aryl methyl sites for hydroxylation is 1. The van der Waals surface area contributed by atoms with E-state index in [1.807, 2.05) is 0 Å². The molecule has 186 valence electrons. The lowest BCUT2D eigenvalue weighted by Crippen LogP contribution is -2.50. The monoisotopic (exact) mass is 486 g/mol. The van der Waals surface area contributed by atoms with E-state index in [1.165, 1.54) is 13.2 Å². The Morgan fingerprint density at radius 1 is 1.18 bits per heavy atom. The molecule has 0 aliphatic rings. The van der Waals surface area contributed by atoms with Crippen LogP contribution >= 0.6 is 0 Å². The van der Waals surface area contributed by atoms with Gasteiger partial charge in [0.15, 0.2) is 5.96 Å². The van der Waals surface area contributed by atoms with Crippen molar-refractivity contribution >= 4 is 28.0 Å². The average Bonchev–Trinajstić information content (AvgIpc) is 2.64. The van der Waals surface area contributed by atoms with Crippen LogP contribution in [-0.4, -0.2) is 61.1 Å². The summed E-state index contributed by atoms with van der Waals surface area (Å²) in [5, 5.41) is 9.87. The van der Waals surface area contributed by atoms with Crippen LogP contribution < -0.4 is 16.2 Å². The molecular formula is C21H34N4O7S. The van der Waals surface area contributed by atoms with Gasteiger partial charge < -0.3 is 26.0 Å². The van der Waals surface area contributed by atoms with Crippen molar-refractivity contribution < 1.29 is 32.6 Å². The lowest BCUT2D eigenvalue weighted by Gasteiger charge is -2.32. The highest BCUT2D eigenvalue weighted by atomic mass is 32.2. The van der Waals surface area contributed by atoms with Crippen molar-refractivity contribution in [2.75, 3.05) is 13.7 Å². The molecule has 0 saturated carbocycles. The van der Waals surface area contributed by atoms with Crippen LogP contribution in [0.25, 0.3) is 0 Å². The molecule has 0 spiro atoms. The van der Waals surface area contributed by atoms with Gasteiger partial charge in [0.05, 0.1) is 12.0 Å². The molecule has 1 atom stereocenters. The van der Waals surface area contributed by atoms with E-state index < -0.39 is 33.7 Å². The predicted molar refractivity (Wildman–Crippen MR) is 124 cm³/mol. The Morgan fingerprint density at radius 2 is 1.76 bits per heavy atom. The zero-order valence-electron chi connectivity index (χ0n) is 20.1. The number of ether oxygens (including phenoxy) is 2. The van der Waals surface area contributed by atoms with Gasteiger partial charge in [0.25, 0.3) is 10.0 Å². The summed E-state index contributed by atoms with van der Waals surface area (Å²) < 4.78 is 38.5. The molecule has 0 aliphatic carbocycles. The molecule has 0 aliphatic heterocycles. The SMILES string of the molecule is COc1cc(C)c(S(=O)(=O)N(C(=O)OC(C)(C)C)[C@@H](CCCN=C(N)N)C(=O)O)c(C)c1C. The van der Waals surface area contributed by atoms with Crippen LogP contribution in [0.1, 0.15) is 50.3 Å². The molecule has 12 heteroatoms. The number of methoxy groups -OCH3 is 1. The second kappa shape index (κ2) is 10.7. The number of carbonyl (C=O) groups excluding carboxylic acids is 1. The van der Waals surface area contributed by atoms with Gasteiger partial charge in [-0.2, -0.15) is 4.31 Å². The summed E-state index contributed by atoms with van der Waals surface area (Å²) in [5.74, 6) is -1.21. The molecule has 0 heterocycles. The van der Waals surface area contributed by atoms with Crippen LogP contribution in [0.15, 0.2) is 16.0 Å². The summed E-state index contributed by atoms with van der Waals surface area (Å²) in [6, 6.07) is -0.211. The number of carboxylic acid groups (broad SMARTS) is 1. The van der Waals surface area contributed by atoms with Crippen LogP contribution in [0.4, 0.5) is 4.79 Å². The minimum absolute atomic E-state index is 0.0635.